The molecule has 2 aromatic heterocycles. The molecule has 0 radical (unpaired) electrons. The lowest BCUT2D eigenvalue weighted by atomic mass is 10.3. The number of methoxy groups -OCH3 is 1. The molecule has 2 aromatic rings. The first-order valence-electron chi connectivity index (χ1n) is 5.50. The van der Waals surface area contributed by atoms with Gasteiger partial charge in [0, 0.05) is 12.6 Å². The number of nitrogens with one attached hydrogen (secondary N) is 1. The van der Waals surface area contributed by atoms with Crippen LogP contribution in [0.4, 0.5) is 0 Å². The average molecular weight is 252 g/mol. The van der Waals surface area contributed by atoms with Gasteiger partial charge >= 0.3 is 0 Å². The summed E-state index contributed by atoms with van der Waals surface area (Å²) in [5, 5.41) is 5.26. The molecular weight excluding hydrogens is 236 g/mol. The van der Waals surface area contributed by atoms with Crippen LogP contribution >= 0.6 is 11.3 Å². The molecule has 5 heteroatoms. The number of rotatable bonds is 5. The minimum Gasteiger partial charge on any atom is -0.495 e. The second-order valence-electron chi connectivity index (χ2n) is 4.00. The highest BCUT2D eigenvalue weighted by Crippen LogP contribution is 2.34. The molecule has 0 fully saturated rings. The SMILES string of the molecule is COc1ccsc1-c1nc(CNC(C)C)co1. The quantitative estimate of drug-likeness (QED) is 0.888. The van der Waals surface area contributed by atoms with Gasteiger partial charge in [-0.25, -0.2) is 4.98 Å². The molecule has 2 rings (SSSR count). The van der Waals surface area contributed by atoms with Crippen molar-refractivity contribution in [3.8, 4) is 16.5 Å². The molecule has 17 heavy (non-hydrogen) atoms. The largest absolute Gasteiger partial charge is 0.495 e. The third-order valence-electron chi connectivity index (χ3n) is 2.29. The van der Waals surface area contributed by atoms with E-state index < -0.39 is 0 Å². The Morgan fingerprint density at radius 3 is 3.06 bits per heavy atom. The van der Waals surface area contributed by atoms with Gasteiger partial charge in [-0.05, 0) is 11.4 Å². The Balaban J connectivity index is 2.12. The molecule has 0 spiro atoms. The lowest BCUT2D eigenvalue weighted by Gasteiger charge is -2.04. The van der Waals surface area contributed by atoms with Crippen LogP contribution in [0.2, 0.25) is 0 Å². The zero-order chi connectivity index (χ0) is 12.3. The summed E-state index contributed by atoms with van der Waals surface area (Å²) in [6.45, 7) is 4.92. The van der Waals surface area contributed by atoms with E-state index in [1.54, 1.807) is 24.7 Å². The van der Waals surface area contributed by atoms with E-state index in [-0.39, 0.29) is 0 Å². The number of oxazole rings is 1. The summed E-state index contributed by atoms with van der Waals surface area (Å²) < 4.78 is 10.7. The van der Waals surface area contributed by atoms with Crippen LogP contribution in [0.1, 0.15) is 19.5 Å². The Morgan fingerprint density at radius 1 is 1.53 bits per heavy atom. The lowest BCUT2D eigenvalue weighted by molar-refractivity contribution is 0.416. The first-order valence-corrected chi connectivity index (χ1v) is 6.38. The smallest absolute Gasteiger partial charge is 0.240 e. The van der Waals surface area contributed by atoms with Crippen LogP contribution in [-0.2, 0) is 6.54 Å². The van der Waals surface area contributed by atoms with Crippen LogP contribution in [0.3, 0.4) is 0 Å². The second kappa shape index (κ2) is 5.33. The molecule has 0 aliphatic carbocycles. The van der Waals surface area contributed by atoms with Crippen LogP contribution in [0.25, 0.3) is 10.8 Å². The third kappa shape index (κ3) is 2.87. The molecule has 2 heterocycles. The van der Waals surface area contributed by atoms with Gasteiger partial charge in [-0.1, -0.05) is 13.8 Å². The maximum Gasteiger partial charge on any atom is 0.240 e. The highest BCUT2D eigenvalue weighted by atomic mass is 32.1. The number of aromatic nitrogens is 1. The number of hydrogen-bond donors (Lipinski definition) is 1. The van der Waals surface area contributed by atoms with E-state index in [0.29, 0.717) is 11.9 Å². The van der Waals surface area contributed by atoms with Crippen molar-refractivity contribution >= 4 is 11.3 Å². The van der Waals surface area contributed by atoms with Crippen LogP contribution in [0, 0.1) is 0 Å². The molecule has 0 atom stereocenters. The molecule has 0 aliphatic rings. The fraction of sp³-hybridized carbons (Fsp3) is 0.417. The molecular formula is C12H16N2O2S. The third-order valence-corrected chi connectivity index (χ3v) is 3.17. The van der Waals surface area contributed by atoms with Gasteiger partial charge in [-0.3, -0.25) is 0 Å². The van der Waals surface area contributed by atoms with Crippen molar-refractivity contribution in [3.63, 3.8) is 0 Å². The van der Waals surface area contributed by atoms with Crippen LogP contribution < -0.4 is 10.1 Å². The van der Waals surface area contributed by atoms with Gasteiger partial charge in [0.2, 0.25) is 5.89 Å². The van der Waals surface area contributed by atoms with Crippen molar-refractivity contribution in [2.45, 2.75) is 26.4 Å². The number of thiophene rings is 1. The maximum atomic E-state index is 5.46. The van der Waals surface area contributed by atoms with E-state index >= 15 is 0 Å². The standard InChI is InChI=1S/C12H16N2O2S/c1-8(2)13-6-9-7-16-12(14-9)11-10(15-3)4-5-17-11/h4-5,7-8,13H,6H2,1-3H3. The van der Waals surface area contributed by atoms with Gasteiger partial charge in [0.25, 0.3) is 0 Å². The van der Waals surface area contributed by atoms with Gasteiger partial charge in [0.05, 0.1) is 12.8 Å². The highest BCUT2D eigenvalue weighted by Gasteiger charge is 2.13. The minimum absolute atomic E-state index is 0.437. The van der Waals surface area contributed by atoms with E-state index in [1.165, 1.54) is 0 Å². The van der Waals surface area contributed by atoms with E-state index in [4.69, 9.17) is 9.15 Å². The van der Waals surface area contributed by atoms with Gasteiger partial charge < -0.3 is 14.5 Å². The molecule has 4 nitrogen and oxygen atoms in total. The average Bonchev–Trinajstić information content (AvgIpc) is 2.94. The summed E-state index contributed by atoms with van der Waals surface area (Å²) in [5.74, 6) is 1.43. The van der Waals surface area contributed by atoms with E-state index in [0.717, 1.165) is 22.9 Å². The molecule has 0 amide bonds. The van der Waals surface area contributed by atoms with Crippen molar-refractivity contribution in [1.29, 1.82) is 0 Å². The topological polar surface area (TPSA) is 47.3 Å². The van der Waals surface area contributed by atoms with Gasteiger partial charge in [-0.15, -0.1) is 11.3 Å². The highest BCUT2D eigenvalue weighted by molar-refractivity contribution is 7.13. The first kappa shape index (κ1) is 12.1. The van der Waals surface area contributed by atoms with E-state index in [2.05, 4.69) is 24.1 Å². The zero-order valence-electron chi connectivity index (χ0n) is 10.2. The first-order chi connectivity index (χ1) is 8.20. The van der Waals surface area contributed by atoms with Crippen molar-refractivity contribution in [2.24, 2.45) is 0 Å². The molecule has 0 aromatic carbocycles. The van der Waals surface area contributed by atoms with Gasteiger partial charge in [0.15, 0.2) is 0 Å². The van der Waals surface area contributed by atoms with Crippen molar-refractivity contribution in [1.82, 2.24) is 10.3 Å². The fourth-order valence-electron chi connectivity index (χ4n) is 1.42. The second-order valence-corrected chi connectivity index (χ2v) is 4.91. The predicted octanol–water partition coefficient (Wildman–Crippen LogP) is 2.91. The summed E-state index contributed by atoms with van der Waals surface area (Å²) in [5.41, 5.74) is 0.907. The molecule has 0 saturated carbocycles. The van der Waals surface area contributed by atoms with E-state index in [1.807, 2.05) is 11.4 Å². The lowest BCUT2D eigenvalue weighted by Crippen LogP contribution is -2.21. The molecule has 92 valence electrons. The fourth-order valence-corrected chi connectivity index (χ4v) is 2.21. The minimum atomic E-state index is 0.437. The van der Waals surface area contributed by atoms with Gasteiger partial charge in [0.1, 0.15) is 16.9 Å². The molecule has 0 unspecified atom stereocenters. The van der Waals surface area contributed by atoms with Gasteiger partial charge in [-0.2, -0.15) is 0 Å². The normalized spacial score (nSPS) is 11.1. The Kier molecular flexibility index (Phi) is 3.81. The van der Waals surface area contributed by atoms with Crippen LogP contribution in [-0.4, -0.2) is 18.1 Å². The number of ether oxygens (including phenoxy) is 1. The van der Waals surface area contributed by atoms with Crippen LogP contribution in [0.5, 0.6) is 5.75 Å². The Bertz CT molecular complexity index is 476. The summed E-state index contributed by atoms with van der Waals surface area (Å²) in [6.07, 6.45) is 1.68. The maximum absolute atomic E-state index is 5.46. The van der Waals surface area contributed by atoms with Crippen LogP contribution in [0.15, 0.2) is 22.1 Å². The molecule has 0 bridgehead atoms. The summed E-state index contributed by atoms with van der Waals surface area (Å²) in [6, 6.07) is 2.35. The molecule has 0 saturated heterocycles. The zero-order valence-corrected chi connectivity index (χ0v) is 11.0. The molecule has 0 aliphatic heterocycles. The summed E-state index contributed by atoms with van der Waals surface area (Å²) >= 11 is 1.56. The number of nitrogens with zero attached hydrogens (tertiary/aromatic N) is 1. The Labute approximate surface area is 105 Å². The van der Waals surface area contributed by atoms with Crippen molar-refractivity contribution in [3.05, 3.63) is 23.4 Å². The molecule has 1 N–H and O–H groups in total. The Hall–Kier alpha value is -1.33. The summed E-state index contributed by atoms with van der Waals surface area (Å²) in [7, 11) is 1.65. The number of hydrogen-bond acceptors (Lipinski definition) is 5. The predicted molar refractivity (Wildman–Crippen MR) is 68.3 cm³/mol. The Morgan fingerprint density at radius 2 is 2.35 bits per heavy atom. The van der Waals surface area contributed by atoms with Crippen molar-refractivity contribution < 1.29 is 9.15 Å². The monoisotopic (exact) mass is 252 g/mol. The van der Waals surface area contributed by atoms with Crippen molar-refractivity contribution in [2.75, 3.05) is 7.11 Å². The summed E-state index contributed by atoms with van der Waals surface area (Å²) in [4.78, 5) is 5.37. The van der Waals surface area contributed by atoms with E-state index in [9.17, 15) is 0 Å².